The summed E-state index contributed by atoms with van der Waals surface area (Å²) in [7, 11) is 0. The van der Waals surface area contributed by atoms with Gasteiger partial charge >= 0.3 is 0 Å². The molecule has 0 aliphatic rings. The van der Waals surface area contributed by atoms with Crippen molar-refractivity contribution in [2.75, 3.05) is 0 Å². The summed E-state index contributed by atoms with van der Waals surface area (Å²) < 4.78 is 0.476. The van der Waals surface area contributed by atoms with E-state index in [0.717, 1.165) is 5.56 Å². The lowest BCUT2D eigenvalue weighted by Gasteiger charge is -2.29. The first kappa shape index (κ1) is 15.1. The van der Waals surface area contributed by atoms with Crippen LogP contribution in [0.3, 0.4) is 0 Å². The van der Waals surface area contributed by atoms with Gasteiger partial charge < -0.3 is 10.4 Å². The normalized spacial score (nSPS) is 13.4. The summed E-state index contributed by atoms with van der Waals surface area (Å²) in [5.41, 5.74) is 0.381. The van der Waals surface area contributed by atoms with Crippen molar-refractivity contribution in [2.24, 2.45) is 0 Å². The standard InChI is InChI=1S/C12H17BrN2O3/c1-8(16)12(2,3)14-7-9-5-4-6-10(11(9)13)15(17)18/h4-6,8,14,16H,7H2,1-3H3. The third-order valence-electron chi connectivity index (χ3n) is 3.03. The molecule has 0 heterocycles. The van der Waals surface area contributed by atoms with Crippen LogP contribution in [0.4, 0.5) is 5.69 Å². The second kappa shape index (κ2) is 5.77. The lowest BCUT2D eigenvalue weighted by atomic mass is 9.98. The first-order valence-electron chi connectivity index (χ1n) is 5.60. The minimum Gasteiger partial charge on any atom is -0.392 e. The van der Waals surface area contributed by atoms with Crippen LogP contribution in [0.5, 0.6) is 0 Å². The molecule has 2 N–H and O–H groups in total. The summed E-state index contributed by atoms with van der Waals surface area (Å²) >= 11 is 3.24. The van der Waals surface area contributed by atoms with Crippen LogP contribution in [0, 0.1) is 10.1 Å². The Morgan fingerprint density at radius 1 is 1.56 bits per heavy atom. The number of nitro groups is 1. The summed E-state index contributed by atoms with van der Waals surface area (Å²) in [6.07, 6.45) is -0.519. The number of halogens is 1. The number of hydrogen-bond donors (Lipinski definition) is 2. The molecule has 0 bridgehead atoms. The van der Waals surface area contributed by atoms with E-state index in [1.165, 1.54) is 6.07 Å². The Labute approximate surface area is 114 Å². The third-order valence-corrected chi connectivity index (χ3v) is 3.95. The first-order chi connectivity index (χ1) is 8.25. The highest BCUT2D eigenvalue weighted by Gasteiger charge is 2.24. The molecule has 0 fully saturated rings. The number of rotatable bonds is 5. The maximum atomic E-state index is 10.8. The van der Waals surface area contributed by atoms with E-state index < -0.39 is 16.6 Å². The Morgan fingerprint density at radius 2 is 2.17 bits per heavy atom. The van der Waals surface area contributed by atoms with Crippen LogP contribution in [-0.2, 0) is 6.54 Å². The fourth-order valence-corrected chi connectivity index (χ4v) is 1.86. The van der Waals surface area contributed by atoms with E-state index in [-0.39, 0.29) is 5.69 Å². The Kier molecular flexibility index (Phi) is 4.84. The van der Waals surface area contributed by atoms with Crippen molar-refractivity contribution >= 4 is 21.6 Å². The lowest BCUT2D eigenvalue weighted by Crippen LogP contribution is -2.47. The van der Waals surface area contributed by atoms with Gasteiger partial charge in [0, 0.05) is 18.2 Å². The predicted molar refractivity (Wildman–Crippen MR) is 73.4 cm³/mol. The van der Waals surface area contributed by atoms with Crippen molar-refractivity contribution in [2.45, 2.75) is 39.0 Å². The summed E-state index contributed by atoms with van der Waals surface area (Å²) in [6, 6.07) is 4.91. The lowest BCUT2D eigenvalue weighted by molar-refractivity contribution is -0.385. The van der Waals surface area contributed by atoms with E-state index >= 15 is 0 Å². The van der Waals surface area contributed by atoms with Gasteiger partial charge in [0.15, 0.2) is 0 Å². The molecule has 1 unspecified atom stereocenters. The molecule has 0 saturated heterocycles. The molecule has 18 heavy (non-hydrogen) atoms. The van der Waals surface area contributed by atoms with Crippen LogP contribution in [0.1, 0.15) is 26.3 Å². The molecule has 1 aromatic carbocycles. The average molecular weight is 317 g/mol. The van der Waals surface area contributed by atoms with Crippen LogP contribution in [-0.4, -0.2) is 21.7 Å². The monoisotopic (exact) mass is 316 g/mol. The van der Waals surface area contributed by atoms with Gasteiger partial charge in [-0.25, -0.2) is 0 Å². The fourth-order valence-electron chi connectivity index (χ4n) is 1.31. The van der Waals surface area contributed by atoms with Crippen molar-refractivity contribution in [1.82, 2.24) is 5.32 Å². The number of benzene rings is 1. The Morgan fingerprint density at radius 3 is 2.67 bits per heavy atom. The molecular weight excluding hydrogens is 300 g/mol. The van der Waals surface area contributed by atoms with Gasteiger partial charge in [0.25, 0.3) is 5.69 Å². The van der Waals surface area contributed by atoms with Gasteiger partial charge in [0.05, 0.1) is 15.5 Å². The van der Waals surface area contributed by atoms with Crippen LogP contribution >= 0.6 is 15.9 Å². The van der Waals surface area contributed by atoms with Gasteiger partial charge in [-0.15, -0.1) is 0 Å². The molecule has 0 amide bonds. The number of aliphatic hydroxyl groups excluding tert-OH is 1. The third kappa shape index (κ3) is 3.51. The second-order valence-corrected chi connectivity index (χ2v) is 5.55. The largest absolute Gasteiger partial charge is 0.392 e. The van der Waals surface area contributed by atoms with Crippen LogP contribution in [0.15, 0.2) is 22.7 Å². The summed E-state index contributed by atoms with van der Waals surface area (Å²) in [5.74, 6) is 0. The fraction of sp³-hybridized carbons (Fsp3) is 0.500. The van der Waals surface area contributed by atoms with E-state index in [1.807, 2.05) is 19.9 Å². The predicted octanol–water partition coefficient (Wildman–Crippen LogP) is 2.61. The van der Waals surface area contributed by atoms with Crippen molar-refractivity contribution in [3.8, 4) is 0 Å². The van der Waals surface area contributed by atoms with Crippen molar-refractivity contribution < 1.29 is 10.0 Å². The Bertz CT molecular complexity index is 447. The van der Waals surface area contributed by atoms with Gasteiger partial charge in [-0.1, -0.05) is 12.1 Å². The molecular formula is C12H17BrN2O3. The number of nitro benzene ring substituents is 1. The van der Waals surface area contributed by atoms with Crippen LogP contribution in [0.2, 0.25) is 0 Å². The van der Waals surface area contributed by atoms with E-state index in [4.69, 9.17) is 0 Å². The molecule has 5 nitrogen and oxygen atoms in total. The highest BCUT2D eigenvalue weighted by atomic mass is 79.9. The summed E-state index contributed by atoms with van der Waals surface area (Å²) in [5, 5.41) is 23.6. The van der Waals surface area contributed by atoms with E-state index in [0.29, 0.717) is 11.0 Å². The summed E-state index contributed by atoms with van der Waals surface area (Å²) in [4.78, 5) is 10.4. The molecule has 0 aliphatic heterocycles. The molecule has 0 aliphatic carbocycles. The highest BCUT2D eigenvalue weighted by Crippen LogP contribution is 2.28. The number of nitrogens with zero attached hydrogens (tertiary/aromatic N) is 1. The second-order valence-electron chi connectivity index (χ2n) is 4.76. The SMILES string of the molecule is CC(O)C(C)(C)NCc1cccc([N+](=O)[O-])c1Br. The molecule has 1 rings (SSSR count). The number of nitrogens with one attached hydrogen (secondary N) is 1. The van der Waals surface area contributed by atoms with Crippen molar-refractivity contribution in [3.05, 3.63) is 38.3 Å². The Hall–Kier alpha value is -0.980. The van der Waals surface area contributed by atoms with Crippen molar-refractivity contribution in [1.29, 1.82) is 0 Å². The van der Waals surface area contributed by atoms with Crippen LogP contribution in [0.25, 0.3) is 0 Å². The highest BCUT2D eigenvalue weighted by molar-refractivity contribution is 9.10. The molecule has 6 heteroatoms. The molecule has 1 atom stereocenters. The van der Waals surface area contributed by atoms with Gasteiger partial charge in [-0.3, -0.25) is 10.1 Å². The zero-order valence-corrected chi connectivity index (χ0v) is 12.2. The van der Waals surface area contributed by atoms with Gasteiger partial charge in [0.1, 0.15) is 0 Å². The zero-order chi connectivity index (χ0) is 13.9. The van der Waals surface area contributed by atoms with Crippen LogP contribution < -0.4 is 5.32 Å². The van der Waals surface area contributed by atoms with Gasteiger partial charge in [0.2, 0.25) is 0 Å². The van der Waals surface area contributed by atoms with E-state index in [1.54, 1.807) is 13.0 Å². The maximum absolute atomic E-state index is 10.8. The molecule has 0 aromatic heterocycles. The average Bonchev–Trinajstić information content (AvgIpc) is 2.27. The van der Waals surface area contributed by atoms with E-state index in [9.17, 15) is 15.2 Å². The topological polar surface area (TPSA) is 75.4 Å². The molecule has 1 aromatic rings. The molecule has 100 valence electrons. The van der Waals surface area contributed by atoms with E-state index in [2.05, 4.69) is 21.2 Å². The van der Waals surface area contributed by atoms with Crippen molar-refractivity contribution in [3.63, 3.8) is 0 Å². The molecule has 0 saturated carbocycles. The van der Waals surface area contributed by atoms with Gasteiger partial charge in [-0.2, -0.15) is 0 Å². The smallest absolute Gasteiger partial charge is 0.283 e. The first-order valence-corrected chi connectivity index (χ1v) is 6.40. The molecule has 0 radical (unpaired) electrons. The maximum Gasteiger partial charge on any atom is 0.283 e. The minimum absolute atomic E-state index is 0.0455. The minimum atomic E-state index is -0.519. The quantitative estimate of drug-likeness (QED) is 0.646. The number of aliphatic hydroxyl groups is 1. The zero-order valence-electron chi connectivity index (χ0n) is 10.6. The van der Waals surface area contributed by atoms with Gasteiger partial charge in [-0.05, 0) is 42.3 Å². The molecule has 0 spiro atoms. The summed E-state index contributed by atoms with van der Waals surface area (Å²) in [6.45, 7) is 5.90. The number of hydrogen-bond acceptors (Lipinski definition) is 4. The Balaban J connectivity index is 2.87.